The van der Waals surface area contributed by atoms with Crippen molar-refractivity contribution in [2.24, 2.45) is 0 Å². The number of rotatable bonds is 8. The Morgan fingerprint density at radius 3 is 2.53 bits per heavy atom. The molecule has 2 aromatic heterocycles. The fraction of sp³-hybridized carbons (Fsp3) is 0.419. The number of aryl methyl sites for hydroxylation is 2. The highest BCUT2D eigenvalue weighted by atomic mass is 32.2. The van der Waals surface area contributed by atoms with Gasteiger partial charge < -0.3 is 19.7 Å². The largest absolute Gasteiger partial charge is 0.444 e. The molecule has 16 heteroatoms. The number of thiazole rings is 1. The van der Waals surface area contributed by atoms with Gasteiger partial charge in [-0.1, -0.05) is 24.3 Å². The lowest BCUT2D eigenvalue weighted by molar-refractivity contribution is -0.106. The van der Waals surface area contributed by atoms with Crippen LogP contribution in [-0.4, -0.2) is 71.0 Å². The van der Waals surface area contributed by atoms with Gasteiger partial charge in [-0.3, -0.25) is 4.72 Å². The van der Waals surface area contributed by atoms with Gasteiger partial charge in [-0.05, 0) is 65.2 Å². The number of carbonyl (C=O) groups is 1. The molecule has 1 aliphatic rings. The molecule has 2 aromatic carbocycles. The van der Waals surface area contributed by atoms with Crippen molar-refractivity contribution < 1.29 is 35.9 Å². The molecule has 4 aromatic rings. The first kappa shape index (κ1) is 34.2. The standard InChI is InChI=1S/C31H35F3N6O5S2/c1-18-15-24(39-47(42,43)17-31(32,33)34)21-10-6-7-11-22(21)25(18)44-27-26(46-19(2)36-27)23-12-13-35-28(38-23)37-20-9-8-14-40(16-20)29(41)45-30(3,4)5/h6-7,10-13,15,20,39H,8-9,14,16-17H2,1-5H3,(H,35,37,38)/t20-/m1/s1. The minimum atomic E-state index is -4.90. The van der Waals surface area contributed by atoms with Gasteiger partial charge in [0.05, 0.1) is 16.4 Å². The average Bonchev–Trinajstić information content (AvgIpc) is 3.33. The second kappa shape index (κ2) is 13.1. The molecule has 1 aliphatic heterocycles. The third-order valence-corrected chi connectivity index (χ3v) is 9.21. The zero-order chi connectivity index (χ0) is 34.1. The van der Waals surface area contributed by atoms with Crippen molar-refractivity contribution in [3.8, 4) is 22.2 Å². The Morgan fingerprint density at radius 1 is 1.11 bits per heavy atom. The number of nitrogens with zero attached hydrogens (tertiary/aromatic N) is 4. The van der Waals surface area contributed by atoms with Gasteiger partial charge in [0.1, 0.15) is 16.2 Å². The summed E-state index contributed by atoms with van der Waals surface area (Å²) in [5, 5.41) is 4.86. The maximum absolute atomic E-state index is 12.9. The van der Waals surface area contributed by atoms with E-state index in [0.717, 1.165) is 12.8 Å². The Balaban J connectivity index is 1.40. The molecule has 11 nitrogen and oxygen atoms in total. The number of benzene rings is 2. The van der Waals surface area contributed by atoms with Gasteiger partial charge in [0, 0.05) is 36.1 Å². The van der Waals surface area contributed by atoms with Crippen LogP contribution in [0.1, 0.15) is 44.2 Å². The van der Waals surface area contributed by atoms with Crippen molar-refractivity contribution in [3.05, 3.63) is 53.2 Å². The van der Waals surface area contributed by atoms with E-state index in [4.69, 9.17) is 14.5 Å². The molecule has 0 spiro atoms. The van der Waals surface area contributed by atoms with Crippen molar-refractivity contribution in [2.75, 3.05) is 28.9 Å². The molecule has 47 heavy (non-hydrogen) atoms. The van der Waals surface area contributed by atoms with Gasteiger partial charge in [0.25, 0.3) is 0 Å². The number of halogens is 3. The van der Waals surface area contributed by atoms with E-state index in [2.05, 4.69) is 20.0 Å². The lowest BCUT2D eigenvalue weighted by Gasteiger charge is -2.34. The molecule has 2 N–H and O–H groups in total. The predicted octanol–water partition coefficient (Wildman–Crippen LogP) is 7.28. The number of alkyl halides is 3. The zero-order valence-corrected chi connectivity index (χ0v) is 28.1. The molecule has 1 fully saturated rings. The van der Waals surface area contributed by atoms with Crippen molar-refractivity contribution in [2.45, 2.75) is 65.3 Å². The van der Waals surface area contributed by atoms with Gasteiger partial charge in [-0.25, -0.2) is 28.2 Å². The van der Waals surface area contributed by atoms with Gasteiger partial charge in [-0.15, -0.1) is 11.3 Å². The molecule has 1 atom stereocenters. The van der Waals surface area contributed by atoms with Gasteiger partial charge in [0.15, 0.2) is 5.75 Å². The minimum absolute atomic E-state index is 0.00356. The second-order valence-electron chi connectivity index (χ2n) is 12.2. The smallest absolute Gasteiger partial charge is 0.410 e. The summed E-state index contributed by atoms with van der Waals surface area (Å²) in [6, 6.07) is 9.72. The summed E-state index contributed by atoms with van der Waals surface area (Å²) in [4.78, 5) is 28.6. The molecule has 0 radical (unpaired) electrons. The van der Waals surface area contributed by atoms with E-state index in [1.807, 2.05) is 27.7 Å². The Labute approximate surface area is 274 Å². The summed E-state index contributed by atoms with van der Waals surface area (Å²) in [7, 11) is -4.71. The number of hydrogen-bond donors (Lipinski definition) is 2. The van der Waals surface area contributed by atoms with E-state index in [9.17, 15) is 26.4 Å². The minimum Gasteiger partial charge on any atom is -0.444 e. The topological polar surface area (TPSA) is 136 Å². The highest BCUT2D eigenvalue weighted by Crippen LogP contribution is 2.42. The van der Waals surface area contributed by atoms with E-state index >= 15 is 0 Å². The van der Waals surface area contributed by atoms with Crippen LogP contribution >= 0.6 is 11.3 Å². The van der Waals surface area contributed by atoms with E-state index < -0.39 is 27.6 Å². The third-order valence-electron chi connectivity index (χ3n) is 7.00. The van der Waals surface area contributed by atoms with Gasteiger partial charge in [0.2, 0.25) is 21.9 Å². The van der Waals surface area contributed by atoms with Crippen LogP contribution in [0.5, 0.6) is 11.6 Å². The monoisotopic (exact) mass is 692 g/mol. The summed E-state index contributed by atoms with van der Waals surface area (Å²) in [5.74, 6) is -1.02. The highest BCUT2D eigenvalue weighted by Gasteiger charge is 2.35. The van der Waals surface area contributed by atoms with Crippen LogP contribution in [0.15, 0.2) is 42.6 Å². The molecule has 5 rings (SSSR count). The fourth-order valence-electron chi connectivity index (χ4n) is 5.19. The molecule has 0 saturated carbocycles. The molecule has 0 unspecified atom stereocenters. The molecular formula is C31H35F3N6O5S2. The summed E-state index contributed by atoms with van der Waals surface area (Å²) in [5.41, 5.74) is 0.426. The van der Waals surface area contributed by atoms with E-state index in [1.165, 1.54) is 17.4 Å². The number of nitrogens with one attached hydrogen (secondary N) is 2. The Hall–Kier alpha value is -4.18. The number of anilines is 2. The Morgan fingerprint density at radius 2 is 1.83 bits per heavy atom. The maximum Gasteiger partial charge on any atom is 0.410 e. The quantitative estimate of drug-likeness (QED) is 0.195. The van der Waals surface area contributed by atoms with Crippen molar-refractivity contribution in [3.63, 3.8) is 0 Å². The van der Waals surface area contributed by atoms with Crippen LogP contribution in [-0.2, 0) is 14.8 Å². The van der Waals surface area contributed by atoms with E-state index in [1.54, 1.807) is 48.4 Å². The Kier molecular flexibility index (Phi) is 9.55. The maximum atomic E-state index is 12.9. The molecular weight excluding hydrogens is 658 g/mol. The normalized spacial score (nSPS) is 15.8. The summed E-state index contributed by atoms with van der Waals surface area (Å²) < 4.78 is 77.2. The number of ether oxygens (including phenoxy) is 2. The number of amides is 1. The van der Waals surface area contributed by atoms with Crippen LogP contribution in [0.25, 0.3) is 21.3 Å². The van der Waals surface area contributed by atoms with Crippen LogP contribution in [0.3, 0.4) is 0 Å². The van der Waals surface area contributed by atoms with Crippen LogP contribution < -0.4 is 14.8 Å². The predicted molar refractivity (Wildman–Crippen MR) is 175 cm³/mol. The van der Waals surface area contributed by atoms with Crippen molar-refractivity contribution >= 4 is 49.9 Å². The average molecular weight is 693 g/mol. The van der Waals surface area contributed by atoms with Crippen molar-refractivity contribution in [1.82, 2.24) is 19.9 Å². The molecule has 1 amide bonds. The van der Waals surface area contributed by atoms with E-state index in [0.29, 0.717) is 56.7 Å². The summed E-state index contributed by atoms with van der Waals surface area (Å²) >= 11 is 1.36. The Bertz CT molecular complexity index is 1890. The second-order valence-corrected chi connectivity index (χ2v) is 15.2. The molecule has 252 valence electrons. The van der Waals surface area contributed by atoms with Gasteiger partial charge in [-0.2, -0.15) is 13.2 Å². The zero-order valence-electron chi connectivity index (χ0n) is 26.4. The lowest BCUT2D eigenvalue weighted by atomic mass is 10.0. The molecule has 0 bridgehead atoms. The highest BCUT2D eigenvalue weighted by molar-refractivity contribution is 7.92. The number of fused-ring (bicyclic) bond motifs is 1. The summed E-state index contributed by atoms with van der Waals surface area (Å²) in [6.45, 7) is 10.0. The SMILES string of the molecule is Cc1nc(Oc2c(C)cc(NS(=O)(=O)CC(F)(F)F)c3ccccc23)c(-c2ccnc(N[C@@H]3CCCN(C(=O)OC(C)(C)C)C3)n2)s1. The first-order chi connectivity index (χ1) is 22.0. The van der Waals surface area contributed by atoms with Crippen LogP contribution in [0, 0.1) is 13.8 Å². The van der Waals surface area contributed by atoms with Crippen molar-refractivity contribution in [1.29, 1.82) is 0 Å². The number of likely N-dealkylation sites (tertiary alicyclic amines) is 1. The molecule has 3 heterocycles. The number of carbonyl (C=O) groups excluding carboxylic acids is 1. The number of piperidine rings is 1. The van der Waals surface area contributed by atoms with Crippen LogP contribution in [0.4, 0.5) is 29.6 Å². The fourth-order valence-corrected chi connectivity index (χ4v) is 7.01. The molecule has 1 saturated heterocycles. The van der Waals surface area contributed by atoms with Gasteiger partial charge >= 0.3 is 12.3 Å². The van der Waals surface area contributed by atoms with E-state index in [-0.39, 0.29) is 23.7 Å². The summed E-state index contributed by atoms with van der Waals surface area (Å²) in [6.07, 6.45) is -2.05. The number of hydrogen-bond acceptors (Lipinski definition) is 10. The van der Waals surface area contributed by atoms with Crippen LogP contribution in [0.2, 0.25) is 0 Å². The lowest BCUT2D eigenvalue weighted by Crippen LogP contribution is -2.47. The first-order valence-electron chi connectivity index (χ1n) is 14.8. The number of aromatic nitrogens is 3. The first-order valence-corrected chi connectivity index (χ1v) is 17.3. The molecule has 0 aliphatic carbocycles. The third kappa shape index (κ3) is 8.80. The number of sulfonamides is 1.